The molecule has 0 amide bonds. The topological polar surface area (TPSA) is 43.6 Å². The number of aromatic nitrogens is 4. The third-order valence-corrected chi connectivity index (χ3v) is 2.90. The second-order valence-corrected chi connectivity index (χ2v) is 4.13. The highest BCUT2D eigenvalue weighted by Gasteiger charge is 2.10. The second-order valence-electron chi connectivity index (χ2n) is 4.13. The van der Waals surface area contributed by atoms with Gasteiger partial charge in [-0.3, -0.25) is 0 Å². The molecule has 4 heteroatoms. The van der Waals surface area contributed by atoms with Crippen LogP contribution in [-0.2, 0) is 7.05 Å². The van der Waals surface area contributed by atoms with Crippen molar-refractivity contribution in [2.45, 2.75) is 13.8 Å². The molecule has 0 aliphatic rings. The largest absolute Gasteiger partial charge is 0.245 e. The Morgan fingerprint density at radius 2 is 1.94 bits per heavy atom. The molecule has 3 rings (SSSR count). The molecule has 0 radical (unpaired) electrons. The van der Waals surface area contributed by atoms with Crippen LogP contribution in [0.4, 0.5) is 0 Å². The fraction of sp³-hybridized carbons (Fsp3) is 0.250. The van der Waals surface area contributed by atoms with Crippen LogP contribution in [-0.4, -0.2) is 20.0 Å². The van der Waals surface area contributed by atoms with Gasteiger partial charge in [-0.1, -0.05) is 22.9 Å². The quantitative estimate of drug-likeness (QED) is 0.573. The van der Waals surface area contributed by atoms with Gasteiger partial charge in [0.15, 0.2) is 0 Å². The number of fused-ring (bicyclic) bond motifs is 3. The van der Waals surface area contributed by atoms with Gasteiger partial charge in [0.1, 0.15) is 5.52 Å². The number of pyridine rings is 1. The molecule has 3 aromatic rings. The molecule has 0 aliphatic carbocycles. The van der Waals surface area contributed by atoms with Gasteiger partial charge < -0.3 is 0 Å². The summed E-state index contributed by atoms with van der Waals surface area (Å²) in [7, 11) is 1.90. The lowest BCUT2D eigenvalue weighted by molar-refractivity contribution is 0.737. The highest BCUT2D eigenvalue weighted by molar-refractivity contribution is 6.03. The van der Waals surface area contributed by atoms with Crippen molar-refractivity contribution in [1.82, 2.24) is 20.0 Å². The van der Waals surface area contributed by atoms with Gasteiger partial charge in [0, 0.05) is 23.5 Å². The fourth-order valence-electron chi connectivity index (χ4n) is 2.10. The first-order valence-electron chi connectivity index (χ1n) is 5.23. The number of benzene rings is 1. The Kier molecular flexibility index (Phi) is 1.74. The lowest BCUT2D eigenvalue weighted by atomic mass is 10.1. The summed E-state index contributed by atoms with van der Waals surface area (Å²) in [5, 5.41) is 10.4. The second kappa shape index (κ2) is 3.01. The molecule has 0 unspecified atom stereocenters. The van der Waals surface area contributed by atoms with E-state index in [0.717, 1.165) is 16.9 Å². The van der Waals surface area contributed by atoms with E-state index < -0.39 is 0 Å². The van der Waals surface area contributed by atoms with Crippen LogP contribution in [0.5, 0.6) is 0 Å². The molecule has 80 valence electrons. The van der Waals surface area contributed by atoms with Gasteiger partial charge in [-0.2, -0.15) is 0 Å². The van der Waals surface area contributed by atoms with Gasteiger partial charge in [0.05, 0.1) is 0 Å². The number of nitrogens with zero attached hydrogens (tertiary/aromatic N) is 4. The lowest BCUT2D eigenvalue weighted by Crippen LogP contribution is -1.93. The van der Waals surface area contributed by atoms with Crippen molar-refractivity contribution in [2.75, 3.05) is 0 Å². The van der Waals surface area contributed by atoms with Crippen molar-refractivity contribution in [1.29, 1.82) is 0 Å². The van der Waals surface area contributed by atoms with E-state index in [-0.39, 0.29) is 0 Å². The van der Waals surface area contributed by atoms with Crippen molar-refractivity contribution in [2.24, 2.45) is 7.05 Å². The predicted molar refractivity (Wildman–Crippen MR) is 63.3 cm³/mol. The molecule has 16 heavy (non-hydrogen) atoms. The van der Waals surface area contributed by atoms with Crippen molar-refractivity contribution >= 4 is 21.9 Å². The molecule has 2 heterocycles. The Morgan fingerprint density at radius 3 is 2.75 bits per heavy atom. The predicted octanol–water partition coefficient (Wildman–Crippen LogP) is 2.13. The summed E-state index contributed by atoms with van der Waals surface area (Å²) < 4.78 is 1.78. The first-order chi connectivity index (χ1) is 7.66. The maximum atomic E-state index is 4.46. The summed E-state index contributed by atoms with van der Waals surface area (Å²) in [5.41, 5.74) is 3.96. The molecule has 0 fully saturated rings. The van der Waals surface area contributed by atoms with Crippen molar-refractivity contribution in [3.63, 3.8) is 0 Å². The minimum Gasteiger partial charge on any atom is -0.245 e. The van der Waals surface area contributed by atoms with E-state index in [2.05, 4.69) is 40.4 Å². The Morgan fingerprint density at radius 1 is 1.12 bits per heavy atom. The van der Waals surface area contributed by atoms with E-state index in [1.54, 1.807) is 4.68 Å². The monoisotopic (exact) mass is 212 g/mol. The third kappa shape index (κ3) is 1.13. The van der Waals surface area contributed by atoms with E-state index in [1.165, 1.54) is 16.3 Å². The molecule has 0 saturated carbocycles. The van der Waals surface area contributed by atoms with Crippen LogP contribution in [0.25, 0.3) is 21.9 Å². The van der Waals surface area contributed by atoms with Crippen LogP contribution < -0.4 is 0 Å². The van der Waals surface area contributed by atoms with E-state index in [4.69, 9.17) is 0 Å². The highest BCUT2D eigenvalue weighted by Crippen LogP contribution is 2.25. The number of hydrogen-bond donors (Lipinski definition) is 0. The molecule has 0 aliphatic heterocycles. The Balaban J connectivity index is 2.64. The molecule has 0 bridgehead atoms. The van der Waals surface area contributed by atoms with Crippen LogP contribution in [0.15, 0.2) is 18.2 Å². The molecular formula is C12H12N4. The summed E-state index contributed by atoms with van der Waals surface area (Å²) in [6.45, 7) is 4.09. The first-order valence-corrected chi connectivity index (χ1v) is 5.23. The molecule has 0 atom stereocenters. The van der Waals surface area contributed by atoms with Crippen LogP contribution in [0, 0.1) is 13.8 Å². The van der Waals surface area contributed by atoms with Gasteiger partial charge >= 0.3 is 0 Å². The summed E-state index contributed by atoms with van der Waals surface area (Å²) in [6, 6.07) is 6.38. The summed E-state index contributed by atoms with van der Waals surface area (Å²) in [6.07, 6.45) is 0. The Hall–Kier alpha value is -1.97. The fourth-order valence-corrected chi connectivity index (χ4v) is 2.10. The normalized spacial score (nSPS) is 11.4. The van der Waals surface area contributed by atoms with E-state index in [1.807, 2.05) is 14.0 Å². The maximum absolute atomic E-state index is 4.46. The molecular weight excluding hydrogens is 200 g/mol. The minimum absolute atomic E-state index is 0.720. The lowest BCUT2D eigenvalue weighted by Gasteiger charge is -2.04. The van der Waals surface area contributed by atoms with Crippen molar-refractivity contribution < 1.29 is 0 Å². The van der Waals surface area contributed by atoms with Gasteiger partial charge in [-0.25, -0.2) is 9.67 Å². The van der Waals surface area contributed by atoms with E-state index >= 15 is 0 Å². The van der Waals surface area contributed by atoms with Crippen LogP contribution >= 0.6 is 0 Å². The molecule has 2 aromatic heterocycles. The third-order valence-electron chi connectivity index (χ3n) is 2.90. The van der Waals surface area contributed by atoms with Gasteiger partial charge in [0.25, 0.3) is 0 Å². The molecule has 0 saturated heterocycles. The number of aryl methyl sites for hydroxylation is 3. The SMILES string of the molecule is Cc1ccc2c(C)nc3nnn(C)c3c2c1. The smallest absolute Gasteiger partial charge is 0.202 e. The minimum atomic E-state index is 0.720. The van der Waals surface area contributed by atoms with Crippen LogP contribution in [0.3, 0.4) is 0 Å². The van der Waals surface area contributed by atoms with Crippen LogP contribution in [0.2, 0.25) is 0 Å². The molecule has 4 nitrogen and oxygen atoms in total. The number of rotatable bonds is 0. The Bertz CT molecular complexity index is 697. The zero-order valence-corrected chi connectivity index (χ0v) is 9.52. The summed E-state index contributed by atoms with van der Waals surface area (Å²) in [5.74, 6) is 0. The molecule has 0 N–H and O–H groups in total. The average Bonchev–Trinajstić information content (AvgIpc) is 2.60. The van der Waals surface area contributed by atoms with E-state index in [9.17, 15) is 0 Å². The maximum Gasteiger partial charge on any atom is 0.202 e. The summed E-state index contributed by atoms with van der Waals surface area (Å²) >= 11 is 0. The molecule has 0 spiro atoms. The Labute approximate surface area is 92.9 Å². The summed E-state index contributed by atoms with van der Waals surface area (Å²) in [4.78, 5) is 4.46. The molecule has 1 aromatic carbocycles. The van der Waals surface area contributed by atoms with Gasteiger partial charge in [-0.15, -0.1) is 5.10 Å². The van der Waals surface area contributed by atoms with Gasteiger partial charge in [-0.05, 0) is 19.9 Å². The highest BCUT2D eigenvalue weighted by atomic mass is 15.4. The number of hydrogen-bond acceptors (Lipinski definition) is 3. The zero-order valence-electron chi connectivity index (χ0n) is 9.52. The van der Waals surface area contributed by atoms with Crippen molar-refractivity contribution in [3.05, 3.63) is 29.5 Å². The zero-order chi connectivity index (χ0) is 11.3. The van der Waals surface area contributed by atoms with Gasteiger partial charge in [0.2, 0.25) is 5.65 Å². The first kappa shape index (κ1) is 9.27. The average molecular weight is 212 g/mol. The standard InChI is InChI=1S/C12H12N4/c1-7-4-5-9-8(2)13-12-11(10(9)6-7)16(3)15-14-12/h4-6H,1-3H3. The van der Waals surface area contributed by atoms with Crippen LogP contribution in [0.1, 0.15) is 11.3 Å². The van der Waals surface area contributed by atoms with Crippen molar-refractivity contribution in [3.8, 4) is 0 Å². The van der Waals surface area contributed by atoms with E-state index in [0.29, 0.717) is 0 Å².